The first-order chi connectivity index (χ1) is 17.4. The van der Waals surface area contributed by atoms with E-state index in [4.69, 9.17) is 27.9 Å². The van der Waals surface area contributed by atoms with Gasteiger partial charge in [-0.3, -0.25) is 4.79 Å². The fraction of sp³-hybridized carbons (Fsp3) is 0.567. The zero-order valence-electron chi connectivity index (χ0n) is 22.0. The number of aromatic hydroxyl groups is 1. The number of rotatable bonds is 18. The number of hydrogen-bond acceptors (Lipinski definition) is 3. The Bertz CT molecular complexity index is 933. The van der Waals surface area contributed by atoms with E-state index in [0.717, 1.165) is 12.2 Å². The van der Waals surface area contributed by atoms with Crippen molar-refractivity contribution in [3.63, 3.8) is 0 Å². The van der Waals surface area contributed by atoms with Crippen LogP contribution in [-0.4, -0.2) is 17.6 Å². The first-order valence-corrected chi connectivity index (χ1v) is 14.4. The molecule has 200 valence electrons. The molecule has 0 saturated heterocycles. The summed E-state index contributed by atoms with van der Waals surface area (Å²) in [5.41, 5.74) is 2.03. The summed E-state index contributed by atoms with van der Waals surface area (Å²) < 4.78 is 5.79. The van der Waals surface area contributed by atoms with E-state index in [2.05, 4.69) is 24.4 Å². The number of carbonyl (C=O) groups is 1. The zero-order valence-corrected chi connectivity index (χ0v) is 23.5. The molecule has 0 radical (unpaired) electrons. The lowest BCUT2D eigenvalue weighted by Gasteiger charge is -2.12. The van der Waals surface area contributed by atoms with E-state index >= 15 is 0 Å². The van der Waals surface area contributed by atoms with Gasteiger partial charge in [-0.2, -0.15) is 0 Å². The van der Waals surface area contributed by atoms with Crippen LogP contribution in [0.2, 0.25) is 10.0 Å². The van der Waals surface area contributed by atoms with Gasteiger partial charge in [0.2, 0.25) is 5.91 Å². The Labute approximate surface area is 227 Å². The van der Waals surface area contributed by atoms with Gasteiger partial charge in [-0.05, 0) is 49.1 Å². The predicted octanol–water partition coefficient (Wildman–Crippen LogP) is 9.66. The smallest absolute Gasteiger partial charge is 0.227 e. The summed E-state index contributed by atoms with van der Waals surface area (Å²) in [5, 5.41) is 13.3. The summed E-state index contributed by atoms with van der Waals surface area (Å²) >= 11 is 12.2. The van der Waals surface area contributed by atoms with Gasteiger partial charge in [0.1, 0.15) is 5.75 Å². The van der Waals surface area contributed by atoms with Crippen molar-refractivity contribution in [1.29, 1.82) is 0 Å². The number of phenols is 1. The molecule has 0 aromatic heterocycles. The Morgan fingerprint density at radius 3 is 2.17 bits per heavy atom. The van der Waals surface area contributed by atoms with Gasteiger partial charge in [0.25, 0.3) is 0 Å². The number of unbranched alkanes of at least 4 members (excludes halogenated alkanes) is 11. The van der Waals surface area contributed by atoms with Gasteiger partial charge in [-0.25, -0.2) is 0 Å². The number of ether oxygens (including phenoxy) is 1. The van der Waals surface area contributed by atoms with Crippen LogP contribution in [-0.2, 0) is 11.2 Å². The van der Waals surface area contributed by atoms with Gasteiger partial charge >= 0.3 is 0 Å². The molecule has 0 aliphatic rings. The van der Waals surface area contributed by atoms with Crippen molar-refractivity contribution in [2.24, 2.45) is 0 Å². The third kappa shape index (κ3) is 11.4. The Kier molecular flexibility index (Phi) is 14.8. The lowest BCUT2D eigenvalue weighted by Crippen LogP contribution is -2.15. The number of nitrogens with one attached hydrogen (secondary N) is 1. The largest absolute Gasteiger partial charge is 0.504 e. The van der Waals surface area contributed by atoms with Crippen molar-refractivity contribution < 1.29 is 14.6 Å². The van der Waals surface area contributed by atoms with E-state index in [9.17, 15) is 9.90 Å². The number of hydrogen-bond donors (Lipinski definition) is 2. The third-order valence-corrected chi connectivity index (χ3v) is 7.37. The second-order valence-electron chi connectivity index (χ2n) is 9.63. The fourth-order valence-corrected chi connectivity index (χ4v) is 4.69. The molecule has 0 bridgehead atoms. The Balaban J connectivity index is 1.59. The number of halogens is 2. The summed E-state index contributed by atoms with van der Waals surface area (Å²) in [5.74, 6) is 0.302. The molecule has 0 unspecified atom stereocenters. The average Bonchev–Trinajstić information content (AvgIpc) is 2.87. The number of benzene rings is 2. The summed E-state index contributed by atoms with van der Waals surface area (Å²) in [6.07, 6.45) is 17.4. The molecule has 4 nitrogen and oxygen atoms in total. The summed E-state index contributed by atoms with van der Waals surface area (Å²) in [7, 11) is 0. The van der Waals surface area contributed by atoms with E-state index in [1.165, 1.54) is 88.7 Å². The highest BCUT2D eigenvalue weighted by Gasteiger charge is 2.14. The van der Waals surface area contributed by atoms with Crippen molar-refractivity contribution in [2.45, 2.75) is 104 Å². The minimum Gasteiger partial charge on any atom is -0.504 e. The third-order valence-electron chi connectivity index (χ3n) is 6.51. The molecule has 0 saturated carbocycles. The van der Waals surface area contributed by atoms with Crippen LogP contribution in [0.25, 0.3) is 0 Å². The van der Waals surface area contributed by atoms with Gasteiger partial charge in [0.05, 0.1) is 23.7 Å². The van der Waals surface area contributed by atoms with Crippen LogP contribution in [0.4, 0.5) is 5.69 Å². The fourth-order valence-electron chi connectivity index (χ4n) is 4.23. The quantitative estimate of drug-likeness (QED) is 0.147. The van der Waals surface area contributed by atoms with E-state index < -0.39 is 0 Å². The molecule has 2 aromatic carbocycles. The van der Waals surface area contributed by atoms with Crippen LogP contribution in [0.5, 0.6) is 11.5 Å². The zero-order chi connectivity index (χ0) is 26.2. The van der Waals surface area contributed by atoms with E-state index in [-0.39, 0.29) is 35.4 Å². The summed E-state index contributed by atoms with van der Waals surface area (Å²) in [6, 6.07) is 9.60. The maximum absolute atomic E-state index is 12.3. The van der Waals surface area contributed by atoms with Gasteiger partial charge in [-0.15, -0.1) is 0 Å². The molecule has 1 amide bonds. The highest BCUT2D eigenvalue weighted by molar-refractivity contribution is 6.37. The van der Waals surface area contributed by atoms with Gasteiger partial charge < -0.3 is 15.2 Å². The lowest BCUT2D eigenvalue weighted by atomic mass is 10.0. The highest BCUT2D eigenvalue weighted by atomic mass is 35.5. The minimum atomic E-state index is -0.283. The van der Waals surface area contributed by atoms with Crippen LogP contribution in [0, 0.1) is 6.92 Å². The molecule has 0 aliphatic heterocycles. The number of aryl methyl sites for hydroxylation is 1. The molecule has 2 aromatic rings. The SMILES string of the molecule is CCCCCCCCCCCCCCc1cccc(OCCC(=O)Nc2cc(Cl)c(C)c(Cl)c2O)c1. The van der Waals surface area contributed by atoms with E-state index in [0.29, 0.717) is 10.6 Å². The number of amides is 1. The number of phenolic OH excluding ortho intramolecular Hbond substituents is 1. The Hall–Kier alpha value is -1.91. The second kappa shape index (κ2) is 17.5. The molecule has 2 N–H and O–H groups in total. The van der Waals surface area contributed by atoms with Crippen molar-refractivity contribution in [2.75, 3.05) is 11.9 Å². The molecule has 2 rings (SSSR count). The first-order valence-electron chi connectivity index (χ1n) is 13.6. The molecule has 0 spiro atoms. The molecule has 0 heterocycles. The van der Waals surface area contributed by atoms with Crippen LogP contribution in [0.15, 0.2) is 30.3 Å². The first kappa shape index (κ1) is 30.3. The maximum atomic E-state index is 12.3. The topological polar surface area (TPSA) is 58.6 Å². The Morgan fingerprint density at radius 1 is 0.917 bits per heavy atom. The number of anilines is 1. The monoisotopic (exact) mass is 535 g/mol. The van der Waals surface area contributed by atoms with Crippen LogP contribution >= 0.6 is 23.2 Å². The van der Waals surface area contributed by atoms with Gasteiger partial charge in [-0.1, -0.05) is 113 Å². The van der Waals surface area contributed by atoms with Crippen LogP contribution in [0.1, 0.15) is 102 Å². The highest BCUT2D eigenvalue weighted by Crippen LogP contribution is 2.38. The maximum Gasteiger partial charge on any atom is 0.227 e. The molecular weight excluding hydrogens is 493 g/mol. The van der Waals surface area contributed by atoms with E-state index in [1.807, 2.05) is 12.1 Å². The molecule has 0 aliphatic carbocycles. The van der Waals surface area contributed by atoms with Gasteiger partial charge in [0.15, 0.2) is 5.75 Å². The normalized spacial score (nSPS) is 11.0. The summed E-state index contributed by atoms with van der Waals surface area (Å²) in [4.78, 5) is 12.3. The van der Waals surface area contributed by atoms with Crippen molar-refractivity contribution in [1.82, 2.24) is 0 Å². The molecule has 0 atom stereocenters. The van der Waals surface area contributed by atoms with Crippen molar-refractivity contribution in [3.05, 3.63) is 51.5 Å². The lowest BCUT2D eigenvalue weighted by molar-refractivity contribution is -0.116. The average molecular weight is 537 g/mol. The molecule has 36 heavy (non-hydrogen) atoms. The van der Waals surface area contributed by atoms with E-state index in [1.54, 1.807) is 6.92 Å². The second-order valence-corrected chi connectivity index (χ2v) is 10.4. The molecular formula is C30H43Cl2NO3. The predicted molar refractivity (Wildman–Crippen MR) is 153 cm³/mol. The molecule has 6 heteroatoms. The summed E-state index contributed by atoms with van der Waals surface area (Å²) in [6.45, 7) is 4.21. The van der Waals surface area contributed by atoms with Crippen molar-refractivity contribution >= 4 is 34.8 Å². The van der Waals surface area contributed by atoms with Crippen molar-refractivity contribution in [3.8, 4) is 11.5 Å². The van der Waals surface area contributed by atoms with Crippen LogP contribution in [0.3, 0.4) is 0 Å². The standard InChI is InChI=1S/C30H43Cl2NO3/c1-3-4-5-6-7-8-9-10-11-12-13-14-16-24-17-15-18-25(21-24)36-20-19-28(34)33-27-22-26(31)23(2)29(32)30(27)35/h15,17-18,21-22,35H,3-14,16,19-20H2,1-2H3,(H,33,34). The minimum absolute atomic E-state index is 0.138. The van der Waals surface area contributed by atoms with Crippen LogP contribution < -0.4 is 10.1 Å². The molecule has 0 fully saturated rings. The number of carbonyl (C=O) groups excluding carboxylic acids is 1. The van der Waals surface area contributed by atoms with Gasteiger partial charge in [0, 0.05) is 5.02 Å². The Morgan fingerprint density at radius 2 is 1.53 bits per heavy atom.